The van der Waals surface area contributed by atoms with Gasteiger partial charge in [-0.3, -0.25) is 9.79 Å². The van der Waals surface area contributed by atoms with Crippen LogP contribution < -0.4 is 11.1 Å². The maximum atomic E-state index is 11.4. The summed E-state index contributed by atoms with van der Waals surface area (Å²) in [6.07, 6.45) is 0. The van der Waals surface area contributed by atoms with E-state index in [1.807, 2.05) is 37.1 Å². The molecule has 0 saturated heterocycles. The second-order valence-electron chi connectivity index (χ2n) is 5.76. The zero-order chi connectivity index (χ0) is 15.9. The minimum atomic E-state index is -0.645. The second kappa shape index (κ2) is 7.67. The maximum Gasteiger partial charge on any atom is 0.224 e. The van der Waals surface area contributed by atoms with Crippen molar-refractivity contribution < 1.29 is 4.79 Å². The van der Waals surface area contributed by atoms with E-state index in [0.717, 1.165) is 19.0 Å². The van der Waals surface area contributed by atoms with Crippen molar-refractivity contribution in [3.63, 3.8) is 0 Å². The molecule has 3 N–H and O–H groups in total. The van der Waals surface area contributed by atoms with Crippen LogP contribution >= 0.6 is 0 Å². The Kier molecular flexibility index (Phi) is 6.21. The molecule has 0 radical (unpaired) electrons. The van der Waals surface area contributed by atoms with Gasteiger partial charge in [-0.15, -0.1) is 0 Å². The van der Waals surface area contributed by atoms with Crippen molar-refractivity contribution >= 4 is 11.9 Å². The molecule has 0 saturated carbocycles. The van der Waals surface area contributed by atoms with Gasteiger partial charge in [-0.25, -0.2) is 0 Å². The van der Waals surface area contributed by atoms with Gasteiger partial charge >= 0.3 is 0 Å². The predicted molar refractivity (Wildman–Crippen MR) is 86.9 cm³/mol. The molecule has 0 aliphatic heterocycles. The molecule has 0 unspecified atom stereocenters. The summed E-state index contributed by atoms with van der Waals surface area (Å²) in [5, 5.41) is 3.24. The molecule has 0 atom stereocenters. The maximum absolute atomic E-state index is 11.4. The molecule has 5 heteroatoms. The fourth-order valence-corrected chi connectivity index (χ4v) is 1.75. The topological polar surface area (TPSA) is 70.7 Å². The third kappa shape index (κ3) is 5.45. The van der Waals surface area contributed by atoms with E-state index in [1.54, 1.807) is 13.8 Å². The number of amides is 1. The van der Waals surface area contributed by atoms with Gasteiger partial charge in [0.15, 0.2) is 5.96 Å². The molecule has 5 nitrogen and oxygen atoms in total. The average molecular weight is 290 g/mol. The standard InChI is InChI=1S/C16H26N4O/c1-5-18-15(19-12-16(2,3)14(17)21)20(4)11-13-9-7-6-8-10-13/h6-10H,5,11-12H2,1-4H3,(H2,17,21)(H,18,19). The third-order valence-electron chi connectivity index (χ3n) is 3.25. The van der Waals surface area contributed by atoms with Crippen LogP contribution in [0.3, 0.4) is 0 Å². The molecule has 1 rings (SSSR count). The average Bonchev–Trinajstić information content (AvgIpc) is 2.44. The summed E-state index contributed by atoms with van der Waals surface area (Å²) in [4.78, 5) is 17.9. The molecule has 116 valence electrons. The quantitative estimate of drug-likeness (QED) is 0.617. The number of carbonyl (C=O) groups excluding carboxylic acids is 1. The number of primary amides is 1. The smallest absolute Gasteiger partial charge is 0.224 e. The summed E-state index contributed by atoms with van der Waals surface area (Å²) in [6.45, 7) is 7.52. The van der Waals surface area contributed by atoms with Crippen LogP contribution in [0.15, 0.2) is 35.3 Å². The molecular weight excluding hydrogens is 264 g/mol. The lowest BCUT2D eigenvalue weighted by Gasteiger charge is -2.24. The van der Waals surface area contributed by atoms with E-state index in [2.05, 4.69) is 22.4 Å². The molecule has 0 bridgehead atoms. The van der Waals surface area contributed by atoms with Crippen molar-refractivity contribution in [3.8, 4) is 0 Å². The van der Waals surface area contributed by atoms with Gasteiger partial charge in [0.05, 0.1) is 12.0 Å². The van der Waals surface area contributed by atoms with Crippen LogP contribution in [0.4, 0.5) is 0 Å². The first-order valence-corrected chi connectivity index (χ1v) is 7.20. The van der Waals surface area contributed by atoms with E-state index < -0.39 is 5.41 Å². The molecule has 0 spiro atoms. The molecule has 0 aliphatic carbocycles. The van der Waals surface area contributed by atoms with Gasteiger partial charge in [-0.2, -0.15) is 0 Å². The van der Waals surface area contributed by atoms with Crippen molar-refractivity contribution in [3.05, 3.63) is 35.9 Å². The Morgan fingerprint density at radius 1 is 1.33 bits per heavy atom. The number of guanidine groups is 1. The van der Waals surface area contributed by atoms with Crippen molar-refractivity contribution in [2.45, 2.75) is 27.3 Å². The van der Waals surface area contributed by atoms with Crippen LogP contribution in [-0.2, 0) is 11.3 Å². The lowest BCUT2D eigenvalue weighted by molar-refractivity contribution is -0.125. The third-order valence-corrected chi connectivity index (χ3v) is 3.25. The summed E-state index contributed by atoms with van der Waals surface area (Å²) in [5.74, 6) is 0.434. The zero-order valence-electron chi connectivity index (χ0n) is 13.4. The number of nitrogens with one attached hydrogen (secondary N) is 1. The monoisotopic (exact) mass is 290 g/mol. The second-order valence-corrected chi connectivity index (χ2v) is 5.76. The van der Waals surface area contributed by atoms with Crippen LogP contribution in [0, 0.1) is 5.41 Å². The molecule has 1 aromatic rings. The number of hydrogen-bond donors (Lipinski definition) is 2. The van der Waals surface area contributed by atoms with Crippen molar-refractivity contribution in [1.82, 2.24) is 10.2 Å². The first-order chi connectivity index (χ1) is 9.86. The number of carbonyl (C=O) groups is 1. The van der Waals surface area contributed by atoms with Crippen LogP contribution in [-0.4, -0.2) is 36.9 Å². The van der Waals surface area contributed by atoms with Crippen LogP contribution in [0.2, 0.25) is 0 Å². The van der Waals surface area contributed by atoms with E-state index in [0.29, 0.717) is 6.54 Å². The molecule has 1 aromatic carbocycles. The molecule has 0 fully saturated rings. The molecule has 0 aromatic heterocycles. The number of rotatable bonds is 6. The number of nitrogens with two attached hydrogens (primary N) is 1. The van der Waals surface area contributed by atoms with Crippen molar-refractivity contribution in [1.29, 1.82) is 0 Å². The minimum Gasteiger partial charge on any atom is -0.369 e. The molecule has 0 heterocycles. The van der Waals surface area contributed by atoms with E-state index in [4.69, 9.17) is 5.73 Å². The highest BCUT2D eigenvalue weighted by Crippen LogP contribution is 2.14. The summed E-state index contributed by atoms with van der Waals surface area (Å²) >= 11 is 0. The Bertz CT molecular complexity index is 482. The molecular formula is C16H26N4O. The normalized spacial score (nSPS) is 12.1. The SMILES string of the molecule is CCNC(=NCC(C)(C)C(N)=O)N(C)Cc1ccccc1. The Labute approximate surface area is 127 Å². The summed E-state index contributed by atoms with van der Waals surface area (Å²) in [7, 11) is 1.98. The van der Waals surface area contributed by atoms with E-state index in [9.17, 15) is 4.79 Å². The van der Waals surface area contributed by atoms with Crippen LogP contribution in [0.5, 0.6) is 0 Å². The molecule has 0 aliphatic rings. The lowest BCUT2D eigenvalue weighted by Crippen LogP contribution is -2.40. The first-order valence-electron chi connectivity index (χ1n) is 7.20. The lowest BCUT2D eigenvalue weighted by atomic mass is 9.93. The number of aliphatic imine (C=N–C) groups is 1. The predicted octanol–water partition coefficient (Wildman–Crippen LogP) is 1.60. The zero-order valence-corrected chi connectivity index (χ0v) is 13.4. The van der Waals surface area contributed by atoms with Crippen molar-refractivity contribution in [2.24, 2.45) is 16.1 Å². The number of hydrogen-bond acceptors (Lipinski definition) is 2. The Morgan fingerprint density at radius 2 is 1.95 bits per heavy atom. The van der Waals surface area contributed by atoms with Gasteiger partial charge in [0.2, 0.25) is 5.91 Å². The highest BCUT2D eigenvalue weighted by Gasteiger charge is 2.24. The molecule has 1 amide bonds. The van der Waals surface area contributed by atoms with Crippen LogP contribution in [0.25, 0.3) is 0 Å². The first kappa shape index (κ1) is 17.0. The Morgan fingerprint density at radius 3 is 2.48 bits per heavy atom. The van der Waals surface area contributed by atoms with Gasteiger partial charge in [0.25, 0.3) is 0 Å². The highest BCUT2D eigenvalue weighted by atomic mass is 16.1. The van der Waals surface area contributed by atoms with Gasteiger partial charge in [-0.05, 0) is 26.3 Å². The van der Waals surface area contributed by atoms with E-state index in [-0.39, 0.29) is 5.91 Å². The fourth-order valence-electron chi connectivity index (χ4n) is 1.75. The van der Waals surface area contributed by atoms with E-state index in [1.165, 1.54) is 5.56 Å². The summed E-state index contributed by atoms with van der Waals surface area (Å²) in [6, 6.07) is 10.2. The molecule has 21 heavy (non-hydrogen) atoms. The summed E-state index contributed by atoms with van der Waals surface area (Å²) < 4.78 is 0. The van der Waals surface area contributed by atoms with Gasteiger partial charge in [0, 0.05) is 20.1 Å². The minimum absolute atomic E-state index is 0.340. The van der Waals surface area contributed by atoms with Gasteiger partial charge in [-0.1, -0.05) is 30.3 Å². The van der Waals surface area contributed by atoms with Crippen LogP contribution in [0.1, 0.15) is 26.3 Å². The Hall–Kier alpha value is -2.04. The highest BCUT2D eigenvalue weighted by molar-refractivity contribution is 5.82. The number of benzene rings is 1. The number of nitrogens with zero attached hydrogens (tertiary/aromatic N) is 2. The van der Waals surface area contributed by atoms with E-state index >= 15 is 0 Å². The fraction of sp³-hybridized carbons (Fsp3) is 0.500. The van der Waals surface area contributed by atoms with Crippen molar-refractivity contribution in [2.75, 3.05) is 20.1 Å². The summed E-state index contributed by atoms with van der Waals surface area (Å²) in [5.41, 5.74) is 5.95. The largest absolute Gasteiger partial charge is 0.369 e. The van der Waals surface area contributed by atoms with Gasteiger partial charge in [0.1, 0.15) is 0 Å². The Balaban J connectivity index is 2.78. The van der Waals surface area contributed by atoms with Gasteiger partial charge < -0.3 is 16.0 Å².